The zero-order valence-corrected chi connectivity index (χ0v) is 17.6. The summed E-state index contributed by atoms with van der Waals surface area (Å²) in [6, 6.07) is 0.687. The molecule has 24 heavy (non-hydrogen) atoms. The van der Waals surface area contributed by atoms with Gasteiger partial charge in [-0.3, -0.25) is 4.90 Å². The van der Waals surface area contributed by atoms with Crippen molar-refractivity contribution in [3.05, 3.63) is 0 Å². The molecule has 0 aromatic carbocycles. The van der Waals surface area contributed by atoms with Crippen LogP contribution < -0.4 is 0 Å². The number of aliphatic hydroxyl groups excluding tert-OH is 2. The molecule has 0 rings (SSSR count). The Balaban J connectivity index is 4.65. The predicted octanol–water partition coefficient (Wildman–Crippen LogP) is 1.93. The fourth-order valence-electron chi connectivity index (χ4n) is 2.47. The molecule has 0 aliphatic rings. The average Bonchev–Trinajstić information content (AvgIpc) is 2.55. The normalized spacial score (nSPS) is 15.0. The van der Waals surface area contributed by atoms with Crippen molar-refractivity contribution >= 4 is 32.0 Å². The van der Waals surface area contributed by atoms with Gasteiger partial charge < -0.3 is 23.5 Å². The first-order valence-corrected chi connectivity index (χ1v) is 11.6. The van der Waals surface area contributed by atoms with E-state index in [1.807, 2.05) is 25.7 Å². The number of hydrogen-bond donors (Lipinski definition) is 2. The summed E-state index contributed by atoms with van der Waals surface area (Å²) in [5.74, 6) is 0.311. The third-order valence-electron chi connectivity index (χ3n) is 3.34. The first-order valence-electron chi connectivity index (χ1n) is 8.59. The molecule has 0 aromatic heterocycles. The second kappa shape index (κ2) is 14.7. The molecule has 2 unspecified atom stereocenters. The van der Waals surface area contributed by atoms with Gasteiger partial charge in [-0.05, 0) is 33.7 Å². The smallest absolute Gasteiger partial charge is 0.391 e. The lowest BCUT2D eigenvalue weighted by Crippen LogP contribution is -2.47. The van der Waals surface area contributed by atoms with Crippen LogP contribution in [0.4, 0.5) is 0 Å². The summed E-state index contributed by atoms with van der Waals surface area (Å²) in [5.41, 5.74) is 0. The van der Waals surface area contributed by atoms with E-state index in [-0.39, 0.29) is 11.8 Å². The van der Waals surface area contributed by atoms with Gasteiger partial charge in [-0.15, -0.1) is 23.2 Å². The van der Waals surface area contributed by atoms with E-state index < -0.39 is 21.0 Å². The molecule has 0 bridgehead atoms. The van der Waals surface area contributed by atoms with Crippen molar-refractivity contribution in [2.24, 2.45) is 0 Å². The topological polar surface area (TPSA) is 71.4 Å². The number of hydrogen-bond acceptors (Lipinski definition) is 6. The van der Waals surface area contributed by atoms with Crippen molar-refractivity contribution in [2.75, 3.05) is 51.2 Å². The van der Waals surface area contributed by atoms with E-state index in [1.54, 1.807) is 0 Å². The Morgan fingerprint density at radius 3 is 1.62 bits per heavy atom. The largest absolute Gasteiger partial charge is 0.500 e. The maximum Gasteiger partial charge on any atom is 0.500 e. The predicted molar refractivity (Wildman–Crippen MR) is 99.9 cm³/mol. The van der Waals surface area contributed by atoms with Gasteiger partial charge in [-0.2, -0.15) is 0 Å². The molecule has 0 aromatic rings. The Labute approximate surface area is 157 Å². The summed E-state index contributed by atoms with van der Waals surface area (Å²) in [4.78, 5) is 1.96. The van der Waals surface area contributed by atoms with Gasteiger partial charge in [0.25, 0.3) is 0 Å². The molecule has 0 aliphatic carbocycles. The van der Waals surface area contributed by atoms with Gasteiger partial charge in [-0.25, -0.2) is 0 Å². The SMILES string of the molecule is CCO[Si](CCCN(CC(O)CCl)CC(O)CCl)(OCC)OCC. The van der Waals surface area contributed by atoms with Crippen molar-refractivity contribution in [3.8, 4) is 0 Å². The van der Waals surface area contributed by atoms with Crippen LogP contribution in [0.3, 0.4) is 0 Å². The van der Waals surface area contributed by atoms with Crippen LogP contribution in [-0.2, 0) is 13.3 Å². The lowest BCUT2D eigenvalue weighted by Gasteiger charge is -2.30. The summed E-state index contributed by atoms with van der Waals surface area (Å²) in [5, 5.41) is 19.5. The summed E-state index contributed by atoms with van der Waals surface area (Å²) in [6.07, 6.45) is -0.500. The summed E-state index contributed by atoms with van der Waals surface area (Å²) >= 11 is 11.4. The number of nitrogens with zero attached hydrogens (tertiary/aromatic N) is 1. The van der Waals surface area contributed by atoms with Gasteiger partial charge in [0.15, 0.2) is 0 Å². The van der Waals surface area contributed by atoms with Gasteiger partial charge in [0.2, 0.25) is 0 Å². The van der Waals surface area contributed by atoms with Gasteiger partial charge in [-0.1, -0.05) is 0 Å². The van der Waals surface area contributed by atoms with Crippen LogP contribution >= 0.6 is 23.2 Å². The first kappa shape index (κ1) is 24.6. The fraction of sp³-hybridized carbons (Fsp3) is 1.00. The minimum atomic E-state index is -2.66. The molecule has 2 atom stereocenters. The highest BCUT2D eigenvalue weighted by Gasteiger charge is 2.39. The van der Waals surface area contributed by atoms with Crippen LogP contribution in [0.2, 0.25) is 6.04 Å². The molecule has 146 valence electrons. The van der Waals surface area contributed by atoms with E-state index in [0.29, 0.717) is 45.5 Å². The molecule has 6 nitrogen and oxygen atoms in total. The van der Waals surface area contributed by atoms with E-state index in [0.717, 1.165) is 6.42 Å². The van der Waals surface area contributed by atoms with E-state index in [4.69, 9.17) is 36.5 Å². The molecule has 0 saturated heterocycles. The second-order valence-corrected chi connectivity index (χ2v) is 8.81. The molecule has 0 heterocycles. The first-order chi connectivity index (χ1) is 11.5. The molecule has 0 spiro atoms. The van der Waals surface area contributed by atoms with Crippen LogP contribution in [0.25, 0.3) is 0 Å². The summed E-state index contributed by atoms with van der Waals surface area (Å²) in [7, 11) is -2.66. The highest BCUT2D eigenvalue weighted by molar-refractivity contribution is 6.60. The Kier molecular flexibility index (Phi) is 15.0. The number of aliphatic hydroxyl groups is 2. The average molecular weight is 406 g/mol. The minimum Gasteiger partial charge on any atom is -0.391 e. The van der Waals surface area contributed by atoms with Crippen LogP contribution in [-0.4, -0.2) is 87.3 Å². The minimum absolute atomic E-state index is 0.156. The standard InChI is InChI=1S/C15H33Cl2NO5Si/c1-4-21-24(22-5-2,23-6-3)9-7-8-18(12-14(19)10-16)13-15(20)11-17/h14-15,19-20H,4-13H2,1-3H3. The molecular formula is C15H33Cl2NO5Si. The van der Waals surface area contributed by atoms with Crippen molar-refractivity contribution in [3.63, 3.8) is 0 Å². The lowest BCUT2D eigenvalue weighted by molar-refractivity contribution is 0.0661. The molecule has 0 saturated carbocycles. The number of rotatable bonds is 16. The number of halogens is 2. The van der Waals surface area contributed by atoms with Gasteiger partial charge in [0.1, 0.15) is 0 Å². The number of alkyl halides is 2. The highest BCUT2D eigenvalue weighted by atomic mass is 35.5. The highest BCUT2D eigenvalue weighted by Crippen LogP contribution is 2.18. The fourth-order valence-corrected chi connectivity index (χ4v) is 5.26. The second-order valence-electron chi connectivity index (χ2n) is 5.46. The molecule has 0 fully saturated rings. The van der Waals surface area contributed by atoms with E-state index >= 15 is 0 Å². The van der Waals surface area contributed by atoms with Crippen LogP contribution in [0, 0.1) is 0 Å². The van der Waals surface area contributed by atoms with Crippen molar-refractivity contribution in [2.45, 2.75) is 45.4 Å². The lowest BCUT2D eigenvalue weighted by atomic mass is 10.3. The molecule has 2 N–H and O–H groups in total. The molecule has 0 radical (unpaired) electrons. The van der Waals surface area contributed by atoms with E-state index in [2.05, 4.69) is 0 Å². The zero-order chi connectivity index (χ0) is 18.4. The monoisotopic (exact) mass is 405 g/mol. The van der Waals surface area contributed by atoms with Crippen LogP contribution in [0.1, 0.15) is 27.2 Å². The Morgan fingerprint density at radius 1 is 0.875 bits per heavy atom. The van der Waals surface area contributed by atoms with Gasteiger partial charge in [0, 0.05) is 50.7 Å². The zero-order valence-electron chi connectivity index (χ0n) is 15.0. The van der Waals surface area contributed by atoms with Gasteiger partial charge in [0.05, 0.1) is 12.2 Å². The summed E-state index contributed by atoms with van der Waals surface area (Å²) in [6.45, 7) is 8.89. The van der Waals surface area contributed by atoms with Crippen molar-refractivity contribution < 1.29 is 23.5 Å². The molecule has 9 heteroatoms. The van der Waals surface area contributed by atoms with E-state index in [1.165, 1.54) is 0 Å². The Morgan fingerprint density at radius 2 is 1.29 bits per heavy atom. The molecular weight excluding hydrogens is 373 g/mol. The molecule has 0 aliphatic heterocycles. The third-order valence-corrected chi connectivity index (χ3v) is 7.21. The maximum absolute atomic E-state index is 9.77. The van der Waals surface area contributed by atoms with Crippen LogP contribution in [0.5, 0.6) is 0 Å². The third kappa shape index (κ3) is 10.5. The molecule has 0 amide bonds. The Hall–Kier alpha value is 0.557. The van der Waals surface area contributed by atoms with Crippen molar-refractivity contribution in [1.82, 2.24) is 4.90 Å². The maximum atomic E-state index is 9.77. The summed E-state index contributed by atoms with van der Waals surface area (Å²) < 4.78 is 17.5. The van der Waals surface area contributed by atoms with Crippen molar-refractivity contribution in [1.29, 1.82) is 0 Å². The Bertz CT molecular complexity index is 276. The quantitative estimate of drug-likeness (QED) is 0.302. The van der Waals surface area contributed by atoms with Crippen LogP contribution in [0.15, 0.2) is 0 Å². The van der Waals surface area contributed by atoms with E-state index in [9.17, 15) is 10.2 Å². The van der Waals surface area contributed by atoms with Gasteiger partial charge >= 0.3 is 8.80 Å².